The molecule has 4 aromatic rings. The molecule has 0 aromatic heterocycles. The lowest BCUT2D eigenvalue weighted by atomic mass is 9.68. The molecule has 0 saturated carbocycles. The fourth-order valence-corrected chi connectivity index (χ4v) is 4.83. The van der Waals surface area contributed by atoms with Crippen molar-refractivity contribution in [3.05, 3.63) is 126 Å². The normalized spacial score (nSPS) is 23.1. The average molecular weight is 467 g/mol. The van der Waals surface area contributed by atoms with E-state index in [1.54, 1.807) is 55.5 Å². The molecule has 4 aromatic carbocycles. The summed E-state index contributed by atoms with van der Waals surface area (Å²) in [5, 5.41) is 24.2. The van der Waals surface area contributed by atoms with Gasteiger partial charge in [-0.25, -0.2) is 4.79 Å². The van der Waals surface area contributed by atoms with Crippen molar-refractivity contribution in [1.82, 2.24) is 0 Å². The molecule has 0 amide bonds. The predicted octanol–water partition coefficient (Wildman–Crippen LogP) is 5.02. The standard InChI is InChI=1S/C30H26O5/c1-2-34-28(31)29(32)27(23-19-17-22(18-20-23)21-11-5-3-6-12-21)25-15-9-10-16-26(25)35-30(29,33)24-13-7-4-8-14-24/h3-20,27,32-33H,2H2,1H3/t27?,29-,30+/m1/s1. The van der Waals surface area contributed by atoms with Gasteiger partial charge in [-0.15, -0.1) is 0 Å². The van der Waals surface area contributed by atoms with Crippen LogP contribution in [0.3, 0.4) is 0 Å². The second-order valence-electron chi connectivity index (χ2n) is 8.56. The molecule has 0 fully saturated rings. The van der Waals surface area contributed by atoms with Crippen LogP contribution >= 0.6 is 0 Å². The van der Waals surface area contributed by atoms with Crippen molar-refractivity contribution in [3.63, 3.8) is 0 Å². The maximum atomic E-state index is 13.5. The summed E-state index contributed by atoms with van der Waals surface area (Å²) in [6, 6.07) is 33.1. The highest BCUT2D eigenvalue weighted by Crippen LogP contribution is 2.54. The Kier molecular flexibility index (Phi) is 5.89. The van der Waals surface area contributed by atoms with Crippen molar-refractivity contribution in [3.8, 4) is 16.9 Å². The molecular weight excluding hydrogens is 440 g/mol. The van der Waals surface area contributed by atoms with Crippen LogP contribution in [-0.4, -0.2) is 28.4 Å². The summed E-state index contributed by atoms with van der Waals surface area (Å²) >= 11 is 0. The summed E-state index contributed by atoms with van der Waals surface area (Å²) < 4.78 is 11.4. The molecule has 5 rings (SSSR count). The molecule has 1 aliphatic heterocycles. The number of esters is 1. The quantitative estimate of drug-likeness (QED) is 0.404. The van der Waals surface area contributed by atoms with E-state index in [2.05, 4.69) is 0 Å². The molecule has 2 N–H and O–H groups in total. The minimum atomic E-state index is -2.47. The Bertz CT molecular complexity index is 1320. The SMILES string of the molecule is CCOC(=O)[C@]1(O)C(c2ccc(-c3ccccc3)cc2)c2ccccc2O[C@@]1(O)c1ccccc1. The molecule has 1 aliphatic rings. The number of aliphatic hydroxyl groups is 2. The first-order valence-electron chi connectivity index (χ1n) is 11.6. The predicted molar refractivity (Wildman–Crippen MR) is 133 cm³/mol. The first-order valence-corrected chi connectivity index (χ1v) is 11.6. The van der Waals surface area contributed by atoms with Crippen LogP contribution in [0.4, 0.5) is 0 Å². The summed E-state index contributed by atoms with van der Waals surface area (Å²) in [6.07, 6.45) is 0. The van der Waals surface area contributed by atoms with E-state index in [4.69, 9.17) is 9.47 Å². The zero-order valence-corrected chi connectivity index (χ0v) is 19.3. The number of fused-ring (bicyclic) bond motifs is 1. The van der Waals surface area contributed by atoms with Gasteiger partial charge < -0.3 is 19.7 Å². The van der Waals surface area contributed by atoms with Crippen LogP contribution in [0.2, 0.25) is 0 Å². The summed E-state index contributed by atoms with van der Waals surface area (Å²) in [6.45, 7) is 1.69. The Morgan fingerprint density at radius 2 is 1.37 bits per heavy atom. The van der Waals surface area contributed by atoms with Crippen LogP contribution in [0.5, 0.6) is 5.75 Å². The molecule has 0 aliphatic carbocycles. The summed E-state index contributed by atoms with van der Waals surface area (Å²) in [7, 11) is 0. The number of rotatable bonds is 5. The van der Waals surface area contributed by atoms with Gasteiger partial charge in [0.2, 0.25) is 5.60 Å². The number of para-hydroxylation sites is 1. The molecule has 1 heterocycles. The Hall–Kier alpha value is -3.93. The van der Waals surface area contributed by atoms with Gasteiger partial charge in [-0.3, -0.25) is 0 Å². The van der Waals surface area contributed by atoms with Gasteiger partial charge in [0, 0.05) is 11.1 Å². The molecule has 0 saturated heterocycles. The fourth-order valence-electron chi connectivity index (χ4n) is 4.83. The van der Waals surface area contributed by atoms with Crippen LogP contribution in [0.1, 0.15) is 29.5 Å². The first kappa shape index (κ1) is 22.8. The molecule has 176 valence electrons. The molecule has 3 atom stereocenters. The van der Waals surface area contributed by atoms with Crippen molar-refractivity contribution in [2.24, 2.45) is 0 Å². The highest BCUT2D eigenvalue weighted by Gasteiger charge is 2.67. The Morgan fingerprint density at radius 3 is 2.03 bits per heavy atom. The first-order chi connectivity index (χ1) is 17.0. The number of carbonyl (C=O) groups is 1. The molecule has 1 unspecified atom stereocenters. The molecule has 0 radical (unpaired) electrons. The molecule has 0 bridgehead atoms. The lowest BCUT2D eigenvalue weighted by Gasteiger charge is -2.49. The Morgan fingerprint density at radius 1 is 0.800 bits per heavy atom. The molecule has 5 nitrogen and oxygen atoms in total. The van der Waals surface area contributed by atoms with E-state index in [1.807, 2.05) is 60.7 Å². The van der Waals surface area contributed by atoms with Gasteiger partial charge in [0.05, 0.1) is 12.5 Å². The lowest BCUT2D eigenvalue weighted by Crippen LogP contribution is -2.66. The minimum absolute atomic E-state index is 0.0350. The third kappa shape index (κ3) is 3.70. The van der Waals surface area contributed by atoms with E-state index >= 15 is 0 Å². The Balaban J connectivity index is 1.72. The summed E-state index contributed by atoms with van der Waals surface area (Å²) in [4.78, 5) is 13.5. The van der Waals surface area contributed by atoms with Crippen LogP contribution < -0.4 is 4.74 Å². The molecule has 35 heavy (non-hydrogen) atoms. The number of hydrogen-bond acceptors (Lipinski definition) is 5. The lowest BCUT2D eigenvalue weighted by molar-refractivity contribution is -0.280. The van der Waals surface area contributed by atoms with E-state index in [9.17, 15) is 15.0 Å². The van der Waals surface area contributed by atoms with Crippen molar-refractivity contribution in [2.75, 3.05) is 6.61 Å². The van der Waals surface area contributed by atoms with Gasteiger partial charge >= 0.3 is 5.97 Å². The number of ether oxygens (including phenoxy) is 2. The minimum Gasteiger partial charge on any atom is -0.464 e. The molecular formula is C30H26O5. The third-order valence-corrected chi connectivity index (χ3v) is 6.52. The van der Waals surface area contributed by atoms with Gasteiger partial charge in [-0.1, -0.05) is 103 Å². The Labute approximate surface area is 204 Å². The molecule has 5 heteroatoms. The van der Waals surface area contributed by atoms with Gasteiger partial charge in [-0.05, 0) is 29.7 Å². The number of carbonyl (C=O) groups excluding carboxylic acids is 1. The average Bonchev–Trinajstić information content (AvgIpc) is 2.91. The van der Waals surface area contributed by atoms with E-state index in [1.165, 1.54) is 0 Å². The monoisotopic (exact) mass is 466 g/mol. The van der Waals surface area contributed by atoms with Crippen LogP contribution in [-0.2, 0) is 15.3 Å². The highest BCUT2D eigenvalue weighted by atomic mass is 16.7. The van der Waals surface area contributed by atoms with E-state index < -0.39 is 23.3 Å². The second-order valence-corrected chi connectivity index (χ2v) is 8.56. The van der Waals surface area contributed by atoms with E-state index in [0.717, 1.165) is 11.1 Å². The summed E-state index contributed by atoms with van der Waals surface area (Å²) in [5.74, 6) is -3.93. The van der Waals surface area contributed by atoms with Crippen molar-refractivity contribution < 1.29 is 24.5 Å². The van der Waals surface area contributed by atoms with E-state index in [0.29, 0.717) is 16.9 Å². The maximum Gasteiger partial charge on any atom is 0.346 e. The maximum absolute atomic E-state index is 13.5. The smallest absolute Gasteiger partial charge is 0.346 e. The second kappa shape index (κ2) is 9.02. The van der Waals surface area contributed by atoms with Crippen LogP contribution in [0.25, 0.3) is 11.1 Å². The zero-order chi connectivity index (χ0) is 24.5. The van der Waals surface area contributed by atoms with Crippen molar-refractivity contribution in [2.45, 2.75) is 24.2 Å². The van der Waals surface area contributed by atoms with Crippen LogP contribution in [0, 0.1) is 0 Å². The zero-order valence-electron chi connectivity index (χ0n) is 19.3. The van der Waals surface area contributed by atoms with Crippen molar-refractivity contribution >= 4 is 5.97 Å². The largest absolute Gasteiger partial charge is 0.464 e. The van der Waals surface area contributed by atoms with Crippen LogP contribution in [0.15, 0.2) is 109 Å². The van der Waals surface area contributed by atoms with Gasteiger partial charge in [-0.2, -0.15) is 0 Å². The van der Waals surface area contributed by atoms with Crippen molar-refractivity contribution in [1.29, 1.82) is 0 Å². The summed E-state index contributed by atoms with van der Waals surface area (Å²) in [5.41, 5.74) is 1.05. The van der Waals surface area contributed by atoms with Gasteiger partial charge in [0.25, 0.3) is 5.79 Å². The van der Waals surface area contributed by atoms with E-state index in [-0.39, 0.29) is 12.2 Å². The fraction of sp³-hybridized carbons (Fsp3) is 0.167. The highest BCUT2D eigenvalue weighted by molar-refractivity contribution is 5.85. The number of benzene rings is 4. The number of hydrogen-bond donors (Lipinski definition) is 2. The third-order valence-electron chi connectivity index (χ3n) is 6.52. The van der Waals surface area contributed by atoms with Gasteiger partial charge in [0.15, 0.2) is 0 Å². The van der Waals surface area contributed by atoms with Gasteiger partial charge in [0.1, 0.15) is 5.75 Å². The topological polar surface area (TPSA) is 76.0 Å². The molecule has 0 spiro atoms.